The maximum atomic E-state index is 6.00. The molecular weight excluding hydrogens is 390 g/mol. The van der Waals surface area contributed by atoms with Gasteiger partial charge in [0, 0.05) is 43.3 Å². The quantitative estimate of drug-likeness (QED) is 0.311. The van der Waals surface area contributed by atoms with Crippen LogP contribution in [0.4, 0.5) is 0 Å². The molecule has 1 saturated heterocycles. The minimum absolute atomic E-state index is 0.791. The summed E-state index contributed by atoms with van der Waals surface area (Å²) in [5.41, 5.74) is 2.51. The molecule has 0 atom stereocenters. The molecule has 150 valence electrons. The zero-order chi connectivity index (χ0) is 20.3. The molecule has 4 aromatic rings. The van der Waals surface area contributed by atoms with Gasteiger partial charge in [-0.05, 0) is 45.3 Å². The number of piperazine rings is 1. The maximum Gasteiger partial charge on any atom is 0.0555 e. The van der Waals surface area contributed by atoms with Gasteiger partial charge in [0.25, 0.3) is 0 Å². The number of hydrogen-bond acceptors (Lipinski definition) is 3. The van der Waals surface area contributed by atoms with Crippen molar-refractivity contribution in [3.63, 3.8) is 0 Å². The van der Waals surface area contributed by atoms with Crippen LogP contribution in [-0.2, 0) is 6.54 Å². The van der Waals surface area contributed by atoms with E-state index < -0.39 is 0 Å². The normalized spacial score (nSPS) is 15.4. The first-order chi connectivity index (χ1) is 14.8. The molecule has 0 radical (unpaired) electrons. The van der Waals surface area contributed by atoms with Gasteiger partial charge in [-0.3, -0.25) is 9.91 Å². The SMILES string of the molecule is Clc1ccc(CN2CCN(/N=C\c3c4ccccc4cc4ccccc34)CC2)cc1. The fraction of sp³-hybridized carbons (Fsp3) is 0.192. The van der Waals surface area contributed by atoms with Gasteiger partial charge in [0.2, 0.25) is 0 Å². The largest absolute Gasteiger partial charge is 0.295 e. The fourth-order valence-electron chi connectivity index (χ4n) is 4.19. The van der Waals surface area contributed by atoms with Crippen LogP contribution in [0.25, 0.3) is 21.5 Å². The smallest absolute Gasteiger partial charge is 0.0555 e. The summed E-state index contributed by atoms with van der Waals surface area (Å²) in [5, 5.41) is 12.9. The van der Waals surface area contributed by atoms with Gasteiger partial charge in [0.15, 0.2) is 0 Å². The van der Waals surface area contributed by atoms with Crippen LogP contribution in [0.15, 0.2) is 84.0 Å². The molecule has 0 N–H and O–H groups in total. The van der Waals surface area contributed by atoms with Gasteiger partial charge in [-0.1, -0.05) is 72.3 Å². The average molecular weight is 414 g/mol. The molecule has 1 heterocycles. The second-order valence-electron chi connectivity index (χ2n) is 7.83. The van der Waals surface area contributed by atoms with E-state index in [4.69, 9.17) is 16.7 Å². The number of fused-ring (bicyclic) bond motifs is 2. The van der Waals surface area contributed by atoms with Gasteiger partial charge in [0.05, 0.1) is 6.21 Å². The summed E-state index contributed by atoms with van der Waals surface area (Å²) < 4.78 is 0. The minimum atomic E-state index is 0.791. The van der Waals surface area contributed by atoms with E-state index in [0.717, 1.165) is 37.7 Å². The molecule has 0 aromatic heterocycles. The minimum Gasteiger partial charge on any atom is -0.295 e. The predicted molar refractivity (Wildman–Crippen MR) is 127 cm³/mol. The van der Waals surface area contributed by atoms with Crippen molar-refractivity contribution in [1.29, 1.82) is 0 Å². The van der Waals surface area contributed by atoms with E-state index in [1.54, 1.807) is 0 Å². The van der Waals surface area contributed by atoms with Gasteiger partial charge in [0.1, 0.15) is 0 Å². The van der Waals surface area contributed by atoms with Crippen LogP contribution < -0.4 is 0 Å². The fourth-order valence-corrected chi connectivity index (χ4v) is 4.31. The number of rotatable bonds is 4. The maximum absolute atomic E-state index is 6.00. The average Bonchev–Trinajstić information content (AvgIpc) is 2.79. The first kappa shape index (κ1) is 19.1. The highest BCUT2D eigenvalue weighted by Crippen LogP contribution is 2.27. The molecule has 5 rings (SSSR count). The molecule has 4 aromatic carbocycles. The third-order valence-electron chi connectivity index (χ3n) is 5.83. The van der Waals surface area contributed by atoms with E-state index in [0.29, 0.717) is 0 Å². The number of halogens is 1. The lowest BCUT2D eigenvalue weighted by Gasteiger charge is -2.33. The third kappa shape index (κ3) is 4.04. The molecule has 4 heteroatoms. The van der Waals surface area contributed by atoms with E-state index in [1.165, 1.54) is 32.7 Å². The molecule has 1 aliphatic rings. The van der Waals surface area contributed by atoms with E-state index in [1.807, 2.05) is 12.1 Å². The van der Waals surface area contributed by atoms with Crippen molar-refractivity contribution in [2.45, 2.75) is 6.54 Å². The molecule has 0 amide bonds. The first-order valence-electron chi connectivity index (χ1n) is 10.4. The molecule has 0 saturated carbocycles. The number of hydrazone groups is 1. The van der Waals surface area contributed by atoms with Gasteiger partial charge >= 0.3 is 0 Å². The van der Waals surface area contributed by atoms with Crippen molar-refractivity contribution >= 4 is 39.4 Å². The van der Waals surface area contributed by atoms with E-state index in [9.17, 15) is 0 Å². The molecule has 0 unspecified atom stereocenters. The number of nitrogens with zero attached hydrogens (tertiary/aromatic N) is 3. The number of benzene rings is 4. The van der Waals surface area contributed by atoms with Gasteiger partial charge in [-0.15, -0.1) is 0 Å². The lowest BCUT2D eigenvalue weighted by Crippen LogP contribution is -2.43. The van der Waals surface area contributed by atoms with Crippen LogP contribution in [0, 0.1) is 0 Å². The highest BCUT2D eigenvalue weighted by Gasteiger charge is 2.15. The molecular formula is C26H24ClN3. The highest BCUT2D eigenvalue weighted by molar-refractivity contribution is 6.30. The second-order valence-corrected chi connectivity index (χ2v) is 8.27. The Balaban J connectivity index is 1.32. The van der Waals surface area contributed by atoms with Crippen LogP contribution in [0.1, 0.15) is 11.1 Å². The molecule has 0 bridgehead atoms. The monoisotopic (exact) mass is 413 g/mol. The molecule has 0 aliphatic carbocycles. The standard InChI is InChI=1S/C26H24ClN3/c27-23-11-9-20(10-12-23)19-29-13-15-30(16-14-29)28-18-26-24-7-3-1-5-21(24)17-22-6-2-4-8-25(22)26/h1-12,17-18H,13-16,19H2/b28-18-. The predicted octanol–water partition coefficient (Wildman–Crippen LogP) is 5.80. The Kier molecular flexibility index (Phi) is 5.39. The highest BCUT2D eigenvalue weighted by atomic mass is 35.5. The summed E-state index contributed by atoms with van der Waals surface area (Å²) in [6, 6.07) is 27.5. The molecule has 3 nitrogen and oxygen atoms in total. The van der Waals surface area contributed by atoms with Crippen molar-refractivity contribution in [1.82, 2.24) is 9.91 Å². The Bertz CT molecular complexity index is 1140. The third-order valence-corrected chi connectivity index (χ3v) is 6.08. The van der Waals surface area contributed by atoms with Crippen molar-refractivity contribution in [2.24, 2.45) is 5.10 Å². The summed E-state index contributed by atoms with van der Waals surface area (Å²) in [6.45, 7) is 4.86. The van der Waals surface area contributed by atoms with Crippen molar-refractivity contribution in [3.05, 3.63) is 95.0 Å². The Morgan fingerprint density at radius 1 is 0.767 bits per heavy atom. The second kappa shape index (κ2) is 8.47. The zero-order valence-electron chi connectivity index (χ0n) is 16.8. The Morgan fingerprint density at radius 3 is 2.00 bits per heavy atom. The lowest BCUT2D eigenvalue weighted by atomic mass is 9.97. The van der Waals surface area contributed by atoms with E-state index in [-0.39, 0.29) is 0 Å². The van der Waals surface area contributed by atoms with Crippen LogP contribution in [0.2, 0.25) is 5.02 Å². The van der Waals surface area contributed by atoms with Gasteiger partial charge in [-0.2, -0.15) is 5.10 Å². The van der Waals surface area contributed by atoms with Crippen LogP contribution in [0.5, 0.6) is 0 Å². The van der Waals surface area contributed by atoms with Crippen LogP contribution in [-0.4, -0.2) is 42.3 Å². The Hall–Kier alpha value is -2.88. The molecule has 0 spiro atoms. The summed E-state index contributed by atoms with van der Waals surface area (Å²) in [4.78, 5) is 2.47. The summed E-state index contributed by atoms with van der Waals surface area (Å²) >= 11 is 6.00. The van der Waals surface area contributed by atoms with Crippen LogP contribution in [0.3, 0.4) is 0 Å². The van der Waals surface area contributed by atoms with E-state index in [2.05, 4.69) is 82.9 Å². The van der Waals surface area contributed by atoms with Crippen molar-refractivity contribution in [2.75, 3.05) is 26.2 Å². The molecule has 30 heavy (non-hydrogen) atoms. The zero-order valence-corrected chi connectivity index (χ0v) is 17.6. The van der Waals surface area contributed by atoms with Crippen molar-refractivity contribution < 1.29 is 0 Å². The Labute approximate surface area is 182 Å². The van der Waals surface area contributed by atoms with Gasteiger partial charge in [-0.25, -0.2) is 0 Å². The molecule has 1 aliphatic heterocycles. The van der Waals surface area contributed by atoms with E-state index >= 15 is 0 Å². The lowest BCUT2D eigenvalue weighted by molar-refractivity contribution is 0.131. The Morgan fingerprint density at radius 2 is 1.37 bits per heavy atom. The van der Waals surface area contributed by atoms with Crippen LogP contribution >= 0.6 is 11.6 Å². The summed E-state index contributed by atoms with van der Waals surface area (Å²) in [6.07, 6.45) is 2.06. The molecule has 1 fully saturated rings. The van der Waals surface area contributed by atoms with Gasteiger partial charge < -0.3 is 0 Å². The van der Waals surface area contributed by atoms with Crippen molar-refractivity contribution in [3.8, 4) is 0 Å². The summed E-state index contributed by atoms with van der Waals surface area (Å²) in [7, 11) is 0. The first-order valence-corrected chi connectivity index (χ1v) is 10.8. The number of hydrogen-bond donors (Lipinski definition) is 0. The summed E-state index contributed by atoms with van der Waals surface area (Å²) in [5.74, 6) is 0. The topological polar surface area (TPSA) is 18.8 Å².